The van der Waals surface area contributed by atoms with E-state index in [-0.39, 0.29) is 30.3 Å². The minimum Gasteiger partial charge on any atom is -0.481 e. The number of nitrogens with zero attached hydrogens (tertiary/aromatic N) is 2. The number of carboxylic acid groups (broad SMARTS) is 1. The number of H-pyrrole nitrogens is 1. The van der Waals surface area contributed by atoms with E-state index in [0.29, 0.717) is 19.4 Å². The molecule has 9 nitrogen and oxygen atoms in total. The second kappa shape index (κ2) is 11.0. The highest BCUT2D eigenvalue weighted by molar-refractivity contribution is 5.97. The third-order valence-corrected chi connectivity index (χ3v) is 6.71. The molecule has 1 aliphatic heterocycles. The number of rotatable bonds is 9. The molecule has 0 aliphatic carbocycles. The predicted molar refractivity (Wildman–Crippen MR) is 138 cm³/mol. The van der Waals surface area contributed by atoms with Crippen LogP contribution in [0.2, 0.25) is 0 Å². The first-order valence-corrected chi connectivity index (χ1v) is 12.3. The summed E-state index contributed by atoms with van der Waals surface area (Å²) in [6.07, 6.45) is 0.603. The summed E-state index contributed by atoms with van der Waals surface area (Å²) in [6.45, 7) is 3.93. The number of carbonyl (C=O) groups is 3. The van der Waals surface area contributed by atoms with Crippen molar-refractivity contribution in [1.29, 1.82) is 0 Å². The molecule has 3 aromatic rings. The Labute approximate surface area is 215 Å². The number of benzene rings is 2. The average molecular weight is 505 g/mol. The van der Waals surface area contributed by atoms with Crippen molar-refractivity contribution in [3.63, 3.8) is 0 Å². The Balaban J connectivity index is 1.47. The molecule has 2 aromatic carbocycles. The third-order valence-electron chi connectivity index (χ3n) is 6.71. The molecule has 1 unspecified atom stereocenters. The van der Waals surface area contributed by atoms with Crippen LogP contribution in [0, 0.1) is 5.41 Å². The number of aliphatic carboxylic acids is 1. The first-order chi connectivity index (χ1) is 17.6. The summed E-state index contributed by atoms with van der Waals surface area (Å²) >= 11 is 0. The van der Waals surface area contributed by atoms with E-state index >= 15 is 0 Å². The van der Waals surface area contributed by atoms with Gasteiger partial charge in [-0.25, -0.2) is 0 Å². The van der Waals surface area contributed by atoms with E-state index in [1.165, 1.54) is 11.0 Å². The molecule has 1 aliphatic rings. The summed E-state index contributed by atoms with van der Waals surface area (Å²) < 4.78 is 0. The second-order valence-corrected chi connectivity index (χ2v) is 10.2. The molecule has 2 amide bonds. The number of aromatic amines is 1. The maximum Gasteiger partial charge on any atom is 0.309 e. The fraction of sp³-hybridized carbons (Fsp3) is 0.357. The molecule has 37 heavy (non-hydrogen) atoms. The van der Waals surface area contributed by atoms with Crippen molar-refractivity contribution in [1.82, 2.24) is 20.4 Å². The molecule has 0 spiro atoms. The molecule has 0 saturated carbocycles. The van der Waals surface area contributed by atoms with Gasteiger partial charge in [-0.1, -0.05) is 54.6 Å². The van der Waals surface area contributed by atoms with E-state index in [4.69, 9.17) is 0 Å². The van der Waals surface area contributed by atoms with E-state index < -0.39 is 29.4 Å². The van der Waals surface area contributed by atoms with Crippen LogP contribution in [0.3, 0.4) is 0 Å². The van der Waals surface area contributed by atoms with Crippen molar-refractivity contribution in [2.24, 2.45) is 5.41 Å². The number of likely N-dealkylation sites (tertiary alicyclic amines) is 1. The van der Waals surface area contributed by atoms with Crippen molar-refractivity contribution in [3.05, 3.63) is 77.6 Å². The largest absolute Gasteiger partial charge is 0.481 e. The molecular weight excluding hydrogens is 472 g/mol. The van der Waals surface area contributed by atoms with Crippen LogP contribution in [-0.4, -0.2) is 68.3 Å². The highest BCUT2D eigenvalue weighted by atomic mass is 16.4. The summed E-state index contributed by atoms with van der Waals surface area (Å²) in [4.78, 5) is 39.0. The normalized spacial score (nSPS) is 16.4. The fourth-order valence-electron chi connectivity index (χ4n) is 4.52. The maximum atomic E-state index is 13.1. The van der Waals surface area contributed by atoms with Crippen molar-refractivity contribution in [2.75, 3.05) is 13.1 Å². The quantitative estimate of drug-likeness (QED) is 0.354. The summed E-state index contributed by atoms with van der Waals surface area (Å²) in [7, 11) is 0. The number of aromatic nitrogens is 2. The standard InChI is InChI=1S/C28H32N4O5/c1-28(2,27(36)37)16-21(14-18-8-10-20(11-9-18)19-6-4-3-5-7-19)29-25(34)23-15-24(31-30-23)26(35)32-13-12-22(33)17-32/h3-11,15,21-22,33H,12-14,16-17H2,1-2H3,(H,29,34)(H,30,31)(H,36,37)/t21-,22?/m1/s1. The highest BCUT2D eigenvalue weighted by Crippen LogP contribution is 2.26. The van der Waals surface area contributed by atoms with E-state index in [1.54, 1.807) is 13.8 Å². The zero-order valence-electron chi connectivity index (χ0n) is 21.0. The first-order valence-electron chi connectivity index (χ1n) is 12.3. The number of amides is 2. The van der Waals surface area contributed by atoms with Crippen molar-refractivity contribution in [2.45, 2.75) is 45.3 Å². The molecule has 2 atom stereocenters. The average Bonchev–Trinajstić information content (AvgIpc) is 3.54. The number of aliphatic hydroxyl groups excluding tert-OH is 1. The fourth-order valence-corrected chi connectivity index (χ4v) is 4.52. The Kier molecular flexibility index (Phi) is 7.73. The molecule has 9 heteroatoms. The Morgan fingerprint density at radius 3 is 2.41 bits per heavy atom. The molecule has 4 rings (SSSR count). The molecule has 0 bridgehead atoms. The number of β-amino-alcohol motifs (C(OH)–C–C–N with tert-alkyl or cyclic N) is 1. The maximum absolute atomic E-state index is 13.1. The van der Waals surface area contributed by atoms with Gasteiger partial charge in [-0.2, -0.15) is 5.10 Å². The van der Waals surface area contributed by atoms with Gasteiger partial charge in [0.25, 0.3) is 11.8 Å². The summed E-state index contributed by atoms with van der Waals surface area (Å²) in [5, 5.41) is 28.9. The van der Waals surface area contributed by atoms with Crippen molar-refractivity contribution < 1.29 is 24.6 Å². The van der Waals surface area contributed by atoms with Gasteiger partial charge in [0.05, 0.1) is 11.5 Å². The van der Waals surface area contributed by atoms with Crippen LogP contribution in [0.15, 0.2) is 60.7 Å². The Morgan fingerprint density at radius 2 is 1.78 bits per heavy atom. The Morgan fingerprint density at radius 1 is 1.11 bits per heavy atom. The van der Waals surface area contributed by atoms with Gasteiger partial charge < -0.3 is 20.4 Å². The van der Waals surface area contributed by atoms with E-state index in [1.807, 2.05) is 54.6 Å². The minimum atomic E-state index is -1.06. The SMILES string of the molecule is CC(C)(C[C@@H](Cc1ccc(-c2ccccc2)cc1)NC(=O)c1cc(C(=O)N2CCC(O)C2)n[nH]1)C(=O)O. The van der Waals surface area contributed by atoms with Crippen LogP contribution >= 0.6 is 0 Å². The number of aliphatic hydroxyl groups is 1. The van der Waals surface area contributed by atoms with Gasteiger partial charge in [0.15, 0.2) is 5.69 Å². The second-order valence-electron chi connectivity index (χ2n) is 10.2. The number of carbonyl (C=O) groups excluding carboxylic acids is 2. The lowest BCUT2D eigenvalue weighted by Gasteiger charge is -2.27. The monoisotopic (exact) mass is 504 g/mol. The van der Waals surface area contributed by atoms with Gasteiger partial charge >= 0.3 is 5.97 Å². The lowest BCUT2D eigenvalue weighted by molar-refractivity contribution is -0.147. The number of hydrogen-bond donors (Lipinski definition) is 4. The number of carboxylic acids is 1. The lowest BCUT2D eigenvalue weighted by Crippen LogP contribution is -2.41. The van der Waals surface area contributed by atoms with E-state index in [2.05, 4.69) is 15.5 Å². The summed E-state index contributed by atoms with van der Waals surface area (Å²) in [5.74, 6) is -1.78. The van der Waals surface area contributed by atoms with Crippen molar-refractivity contribution in [3.8, 4) is 11.1 Å². The van der Waals surface area contributed by atoms with Gasteiger partial charge in [0.1, 0.15) is 5.69 Å². The lowest BCUT2D eigenvalue weighted by atomic mass is 9.83. The van der Waals surface area contributed by atoms with Crippen molar-refractivity contribution >= 4 is 17.8 Å². The molecule has 1 aromatic heterocycles. The Bertz CT molecular complexity index is 1250. The van der Waals surface area contributed by atoms with Gasteiger partial charge in [-0.05, 0) is 49.8 Å². The molecule has 4 N–H and O–H groups in total. The minimum absolute atomic E-state index is 0.0955. The Hall–Kier alpha value is -3.98. The highest BCUT2D eigenvalue weighted by Gasteiger charge is 2.32. The van der Waals surface area contributed by atoms with Crippen LogP contribution < -0.4 is 5.32 Å². The molecule has 1 saturated heterocycles. The zero-order valence-corrected chi connectivity index (χ0v) is 21.0. The molecular formula is C28H32N4O5. The van der Waals surface area contributed by atoms with E-state index in [0.717, 1.165) is 16.7 Å². The smallest absolute Gasteiger partial charge is 0.309 e. The van der Waals surface area contributed by atoms with E-state index in [9.17, 15) is 24.6 Å². The zero-order chi connectivity index (χ0) is 26.6. The molecule has 0 radical (unpaired) electrons. The van der Waals surface area contributed by atoms with Crippen LogP contribution in [0.4, 0.5) is 0 Å². The number of nitrogens with one attached hydrogen (secondary N) is 2. The molecule has 1 fully saturated rings. The molecule has 2 heterocycles. The predicted octanol–water partition coefficient (Wildman–Crippen LogP) is 3.13. The van der Waals surface area contributed by atoms with Crippen LogP contribution in [-0.2, 0) is 11.2 Å². The van der Waals surface area contributed by atoms with Crippen LogP contribution in [0.1, 0.15) is 53.2 Å². The first kappa shape index (κ1) is 26.1. The van der Waals surface area contributed by atoms with Gasteiger partial charge in [0.2, 0.25) is 0 Å². The summed E-state index contributed by atoms with van der Waals surface area (Å²) in [6, 6.07) is 18.9. The third kappa shape index (κ3) is 6.42. The van der Waals surface area contributed by atoms with Gasteiger partial charge in [-0.3, -0.25) is 19.5 Å². The topological polar surface area (TPSA) is 136 Å². The number of hydrogen-bond acceptors (Lipinski definition) is 5. The summed E-state index contributed by atoms with van der Waals surface area (Å²) in [5.41, 5.74) is 2.26. The van der Waals surface area contributed by atoms with Gasteiger partial charge in [0, 0.05) is 25.2 Å². The van der Waals surface area contributed by atoms with Gasteiger partial charge in [-0.15, -0.1) is 0 Å². The van der Waals surface area contributed by atoms with Crippen LogP contribution in [0.25, 0.3) is 11.1 Å². The molecule has 194 valence electrons. The van der Waals surface area contributed by atoms with Crippen LogP contribution in [0.5, 0.6) is 0 Å².